The zero-order chi connectivity index (χ0) is 11.9. The Morgan fingerprint density at radius 1 is 0.750 bits per heavy atom. The van der Waals surface area contributed by atoms with Crippen LogP contribution in [0.15, 0.2) is 0 Å². The van der Waals surface area contributed by atoms with Crippen LogP contribution in [-0.2, 0) is 0 Å². The molecule has 1 heteroatoms. The van der Waals surface area contributed by atoms with Gasteiger partial charge in [-0.1, -0.05) is 58.3 Å². The predicted octanol–water partition coefficient (Wildman–Crippen LogP) is 5.59. The fourth-order valence-electron chi connectivity index (χ4n) is 1.31. The molecule has 0 aliphatic heterocycles. The standard InChI is InChI=1S/C11H23.C4H9.Mg/c1-3-5-7-9-11-10-8-6-4-2;1-4(2)3;/h1,3-11H2,2H3;1-3H3;/q2*-1;+2. The molecule has 0 aromatic heterocycles. The zero-order valence-corrected chi connectivity index (χ0v) is 13.7. The van der Waals surface area contributed by atoms with Crippen LogP contribution in [-0.4, -0.2) is 23.1 Å². The topological polar surface area (TPSA) is 0 Å². The van der Waals surface area contributed by atoms with E-state index in [1.165, 1.54) is 57.3 Å². The minimum Gasteiger partial charge on any atom is -0.343 e. The van der Waals surface area contributed by atoms with Gasteiger partial charge in [0.2, 0.25) is 0 Å². The van der Waals surface area contributed by atoms with E-state index in [4.69, 9.17) is 0 Å². The molecular weight excluding hydrogens is 204 g/mol. The van der Waals surface area contributed by atoms with E-state index in [1.807, 2.05) is 0 Å². The maximum absolute atomic E-state index is 3.83. The molecule has 0 aromatic rings. The van der Waals surface area contributed by atoms with Crippen molar-refractivity contribution in [1.29, 1.82) is 0 Å². The van der Waals surface area contributed by atoms with Crippen LogP contribution in [0.1, 0.15) is 85.5 Å². The molecule has 16 heavy (non-hydrogen) atoms. The summed E-state index contributed by atoms with van der Waals surface area (Å²) >= 11 is 0. The number of unbranched alkanes of at least 4 members (excludes halogenated alkanes) is 8. The average molecular weight is 237 g/mol. The molecule has 0 amide bonds. The fraction of sp³-hybridized carbons (Fsp3) is 0.867. The molecule has 0 aliphatic carbocycles. The van der Waals surface area contributed by atoms with Crippen LogP contribution < -0.4 is 0 Å². The second-order valence-electron chi connectivity index (χ2n) is 4.83. The second-order valence-corrected chi connectivity index (χ2v) is 4.83. The molecule has 0 radical (unpaired) electrons. The van der Waals surface area contributed by atoms with E-state index in [0.717, 1.165) is 6.42 Å². The molecule has 0 fully saturated rings. The van der Waals surface area contributed by atoms with E-state index >= 15 is 0 Å². The Labute approximate surface area is 121 Å². The number of hydrogen-bond acceptors (Lipinski definition) is 0. The number of hydrogen-bond donors (Lipinski definition) is 0. The van der Waals surface area contributed by atoms with Gasteiger partial charge in [0.1, 0.15) is 0 Å². The molecule has 0 heterocycles. The van der Waals surface area contributed by atoms with Crippen molar-refractivity contribution < 1.29 is 0 Å². The molecule has 0 atom stereocenters. The maximum Gasteiger partial charge on any atom is 2.00 e. The molecule has 0 saturated heterocycles. The predicted molar refractivity (Wildman–Crippen MR) is 78.6 cm³/mol. The van der Waals surface area contributed by atoms with Gasteiger partial charge in [0.25, 0.3) is 0 Å². The molecule has 0 saturated carbocycles. The van der Waals surface area contributed by atoms with Crippen LogP contribution in [0.3, 0.4) is 0 Å². The Kier molecular flexibility index (Phi) is 29.0. The van der Waals surface area contributed by atoms with E-state index in [-0.39, 0.29) is 23.1 Å². The van der Waals surface area contributed by atoms with Gasteiger partial charge >= 0.3 is 23.1 Å². The van der Waals surface area contributed by atoms with Crippen molar-refractivity contribution >= 4 is 23.1 Å². The molecule has 0 spiro atoms. The summed E-state index contributed by atoms with van der Waals surface area (Å²) in [5, 5.41) is 0. The zero-order valence-electron chi connectivity index (χ0n) is 12.3. The Hall–Kier alpha value is 0.766. The first-order valence-electron chi connectivity index (χ1n) is 6.71. The molecule has 94 valence electrons. The summed E-state index contributed by atoms with van der Waals surface area (Å²) in [6.45, 7) is 12.3. The minimum atomic E-state index is 0. The summed E-state index contributed by atoms with van der Waals surface area (Å²) in [6, 6.07) is 0. The SMILES string of the molecule is C[C-](C)C.[CH2-]CCCCCCCCCC.[Mg+2]. The quantitative estimate of drug-likeness (QED) is 0.293. The van der Waals surface area contributed by atoms with Crippen molar-refractivity contribution in [2.45, 2.75) is 85.5 Å². The monoisotopic (exact) mass is 236 g/mol. The summed E-state index contributed by atoms with van der Waals surface area (Å²) in [6.07, 6.45) is 12.4. The molecule has 0 rings (SSSR count). The third kappa shape index (κ3) is 36.4. The van der Waals surface area contributed by atoms with Gasteiger partial charge in [-0.2, -0.15) is 27.2 Å². The minimum absolute atomic E-state index is 0. The van der Waals surface area contributed by atoms with Crippen LogP contribution in [0, 0.1) is 12.8 Å². The van der Waals surface area contributed by atoms with Crippen LogP contribution in [0.5, 0.6) is 0 Å². The summed E-state index contributed by atoms with van der Waals surface area (Å²) in [7, 11) is 0. The van der Waals surface area contributed by atoms with E-state index in [9.17, 15) is 0 Å². The van der Waals surface area contributed by atoms with Crippen LogP contribution >= 0.6 is 0 Å². The molecule has 0 aromatic carbocycles. The molecule has 0 aliphatic rings. The van der Waals surface area contributed by atoms with E-state index in [0.29, 0.717) is 0 Å². The Balaban J connectivity index is -0.000000292. The van der Waals surface area contributed by atoms with E-state index in [1.54, 1.807) is 0 Å². The molecule has 0 N–H and O–H groups in total. The Bertz CT molecular complexity index is 78.7. The van der Waals surface area contributed by atoms with Crippen LogP contribution in [0.4, 0.5) is 0 Å². The van der Waals surface area contributed by atoms with Gasteiger partial charge in [-0.25, -0.2) is 0 Å². The number of rotatable bonds is 8. The summed E-state index contributed by atoms with van der Waals surface area (Å²) in [5.41, 5.74) is 0. The molecule has 0 unspecified atom stereocenters. The first-order valence-corrected chi connectivity index (χ1v) is 6.71. The van der Waals surface area contributed by atoms with Crippen molar-refractivity contribution in [2.24, 2.45) is 0 Å². The average Bonchev–Trinajstić information content (AvgIpc) is 2.16. The summed E-state index contributed by atoms with van der Waals surface area (Å²) < 4.78 is 0. The van der Waals surface area contributed by atoms with Gasteiger partial charge in [-0.3, -0.25) is 0 Å². The maximum atomic E-state index is 3.83. The Morgan fingerprint density at radius 2 is 1.06 bits per heavy atom. The van der Waals surface area contributed by atoms with Crippen LogP contribution in [0.25, 0.3) is 0 Å². The van der Waals surface area contributed by atoms with Crippen molar-refractivity contribution in [3.63, 3.8) is 0 Å². The molecule has 0 bridgehead atoms. The first kappa shape index (κ1) is 22.0. The third-order valence-electron chi connectivity index (χ3n) is 2.10. The largest absolute Gasteiger partial charge is 2.00 e. The fourth-order valence-corrected chi connectivity index (χ4v) is 1.31. The van der Waals surface area contributed by atoms with Crippen molar-refractivity contribution in [2.75, 3.05) is 0 Å². The first-order chi connectivity index (χ1) is 7.15. The molecular formula is C15H32Mg. The van der Waals surface area contributed by atoms with Crippen molar-refractivity contribution in [1.82, 2.24) is 0 Å². The smallest absolute Gasteiger partial charge is 0.343 e. The van der Waals surface area contributed by atoms with Gasteiger partial charge in [-0.05, 0) is 0 Å². The van der Waals surface area contributed by atoms with E-state index in [2.05, 4.69) is 34.6 Å². The Morgan fingerprint density at radius 3 is 1.38 bits per heavy atom. The van der Waals surface area contributed by atoms with E-state index < -0.39 is 0 Å². The summed E-state index contributed by atoms with van der Waals surface area (Å²) in [5.74, 6) is 1.42. The van der Waals surface area contributed by atoms with Crippen molar-refractivity contribution in [3.8, 4) is 0 Å². The molecule has 0 nitrogen and oxygen atoms in total. The van der Waals surface area contributed by atoms with Gasteiger partial charge in [0, 0.05) is 0 Å². The van der Waals surface area contributed by atoms with Crippen molar-refractivity contribution in [3.05, 3.63) is 12.8 Å². The normalized spacial score (nSPS) is 9.38. The van der Waals surface area contributed by atoms with Gasteiger partial charge in [0.05, 0.1) is 0 Å². The van der Waals surface area contributed by atoms with Crippen LogP contribution in [0.2, 0.25) is 0 Å². The van der Waals surface area contributed by atoms with Gasteiger partial charge in [-0.15, -0.1) is 0 Å². The summed E-state index contributed by atoms with van der Waals surface area (Å²) in [4.78, 5) is 0. The third-order valence-corrected chi connectivity index (χ3v) is 2.10. The van der Waals surface area contributed by atoms with Gasteiger partial charge in [0.15, 0.2) is 0 Å². The van der Waals surface area contributed by atoms with Gasteiger partial charge < -0.3 is 12.8 Å². The second kappa shape index (κ2) is 21.1.